The van der Waals surface area contributed by atoms with Crippen molar-refractivity contribution in [2.24, 2.45) is 0 Å². The molecule has 0 bridgehead atoms. The Bertz CT molecular complexity index is 383. The molecule has 0 fully saturated rings. The number of carbonyl (C=O) groups excluding carboxylic acids is 1. The summed E-state index contributed by atoms with van der Waals surface area (Å²) in [5.41, 5.74) is -0.440. The molecule has 0 unspecified atom stereocenters. The predicted molar refractivity (Wildman–Crippen MR) is 57.5 cm³/mol. The largest absolute Gasteiger partial charge is 0.321 e. The molecular weight excluding hydrogens is 268 g/mol. The lowest BCUT2D eigenvalue weighted by atomic mass is 10.2. The summed E-state index contributed by atoms with van der Waals surface area (Å²) in [4.78, 5) is 11.1. The van der Waals surface area contributed by atoms with E-state index in [1.165, 1.54) is 6.08 Å². The van der Waals surface area contributed by atoms with Gasteiger partial charge < -0.3 is 5.32 Å². The molecule has 1 aromatic carbocycles. The standard InChI is InChI=1S/C10H8BrF2NO/c1-2-3-9(15)14-10-7(12)4-6(11)5-8(10)13/h2,4-5H,1,3H2,(H,14,15). The molecule has 0 saturated carbocycles. The number of anilines is 1. The topological polar surface area (TPSA) is 29.1 Å². The first-order valence-electron chi connectivity index (χ1n) is 4.10. The summed E-state index contributed by atoms with van der Waals surface area (Å²) < 4.78 is 26.7. The quantitative estimate of drug-likeness (QED) is 0.843. The van der Waals surface area contributed by atoms with Gasteiger partial charge in [0.2, 0.25) is 5.91 Å². The molecule has 0 aromatic heterocycles. The molecule has 0 atom stereocenters. The van der Waals surface area contributed by atoms with E-state index in [1.807, 2.05) is 0 Å². The van der Waals surface area contributed by atoms with Gasteiger partial charge >= 0.3 is 0 Å². The van der Waals surface area contributed by atoms with Crippen LogP contribution in [0, 0.1) is 11.6 Å². The number of amides is 1. The van der Waals surface area contributed by atoms with E-state index in [9.17, 15) is 13.6 Å². The Morgan fingerprint density at radius 1 is 1.47 bits per heavy atom. The van der Waals surface area contributed by atoms with Crippen molar-refractivity contribution >= 4 is 27.5 Å². The lowest BCUT2D eigenvalue weighted by Gasteiger charge is -2.06. The van der Waals surface area contributed by atoms with E-state index in [4.69, 9.17) is 0 Å². The predicted octanol–water partition coefficient (Wildman–Crippen LogP) is 3.24. The first kappa shape index (κ1) is 11.8. The van der Waals surface area contributed by atoms with E-state index in [2.05, 4.69) is 27.8 Å². The maximum Gasteiger partial charge on any atom is 0.228 e. The van der Waals surface area contributed by atoms with E-state index in [0.717, 1.165) is 12.1 Å². The number of hydrogen-bond donors (Lipinski definition) is 1. The molecule has 2 nitrogen and oxygen atoms in total. The highest BCUT2D eigenvalue weighted by atomic mass is 79.9. The Balaban J connectivity index is 2.94. The van der Waals surface area contributed by atoms with Gasteiger partial charge in [0.15, 0.2) is 11.6 Å². The van der Waals surface area contributed by atoms with Gasteiger partial charge in [-0.1, -0.05) is 22.0 Å². The smallest absolute Gasteiger partial charge is 0.228 e. The van der Waals surface area contributed by atoms with Crippen LogP contribution < -0.4 is 5.32 Å². The van der Waals surface area contributed by atoms with Crippen molar-refractivity contribution < 1.29 is 13.6 Å². The first-order valence-corrected chi connectivity index (χ1v) is 4.89. The summed E-state index contributed by atoms with van der Waals surface area (Å²) in [6, 6.07) is 2.15. The zero-order valence-corrected chi connectivity index (χ0v) is 9.27. The second-order valence-electron chi connectivity index (χ2n) is 2.79. The molecule has 0 saturated heterocycles. The summed E-state index contributed by atoms with van der Waals surface area (Å²) >= 11 is 2.94. The van der Waals surface area contributed by atoms with Gasteiger partial charge in [-0.15, -0.1) is 6.58 Å². The summed E-state index contributed by atoms with van der Waals surface area (Å²) in [7, 11) is 0. The minimum atomic E-state index is -0.820. The monoisotopic (exact) mass is 275 g/mol. The molecular formula is C10H8BrF2NO. The number of hydrogen-bond acceptors (Lipinski definition) is 1. The van der Waals surface area contributed by atoms with Crippen molar-refractivity contribution in [2.45, 2.75) is 6.42 Å². The Morgan fingerprint density at radius 2 is 2.00 bits per heavy atom. The molecule has 0 spiro atoms. The fourth-order valence-corrected chi connectivity index (χ4v) is 1.39. The summed E-state index contributed by atoms with van der Waals surface area (Å²) in [6.07, 6.45) is 1.36. The molecule has 1 amide bonds. The Hall–Kier alpha value is -1.23. The van der Waals surface area contributed by atoms with Gasteiger partial charge in [-0.05, 0) is 12.1 Å². The van der Waals surface area contributed by atoms with E-state index < -0.39 is 23.2 Å². The van der Waals surface area contributed by atoms with Crippen LogP contribution in [0.15, 0.2) is 29.3 Å². The highest BCUT2D eigenvalue weighted by Gasteiger charge is 2.12. The van der Waals surface area contributed by atoms with Gasteiger partial charge in [0.25, 0.3) is 0 Å². The summed E-state index contributed by atoms with van der Waals surface area (Å²) in [5.74, 6) is -2.15. The Morgan fingerprint density at radius 3 is 2.47 bits per heavy atom. The van der Waals surface area contributed by atoms with Crippen LogP contribution in [0.25, 0.3) is 0 Å². The van der Waals surface area contributed by atoms with Crippen LogP contribution in [0.3, 0.4) is 0 Å². The van der Waals surface area contributed by atoms with Crippen molar-refractivity contribution in [1.29, 1.82) is 0 Å². The van der Waals surface area contributed by atoms with E-state index in [1.54, 1.807) is 0 Å². The lowest BCUT2D eigenvalue weighted by molar-refractivity contribution is -0.115. The highest BCUT2D eigenvalue weighted by Crippen LogP contribution is 2.23. The Labute approximate surface area is 94.1 Å². The lowest BCUT2D eigenvalue weighted by Crippen LogP contribution is -2.12. The van der Waals surface area contributed by atoms with Crippen molar-refractivity contribution in [3.05, 3.63) is 40.9 Å². The molecule has 0 heterocycles. The van der Waals surface area contributed by atoms with Crippen LogP contribution in [0.5, 0.6) is 0 Å². The summed E-state index contributed by atoms with van der Waals surface area (Å²) in [6.45, 7) is 3.35. The van der Waals surface area contributed by atoms with Gasteiger partial charge in [0, 0.05) is 10.9 Å². The van der Waals surface area contributed by atoms with Gasteiger partial charge in [0.1, 0.15) is 5.69 Å². The molecule has 5 heteroatoms. The second kappa shape index (κ2) is 5.02. The molecule has 0 aliphatic carbocycles. The molecule has 1 N–H and O–H groups in total. The van der Waals surface area contributed by atoms with Crippen LogP contribution >= 0.6 is 15.9 Å². The maximum absolute atomic E-state index is 13.2. The molecule has 15 heavy (non-hydrogen) atoms. The average molecular weight is 276 g/mol. The Kier molecular flexibility index (Phi) is 3.96. The molecule has 0 aliphatic rings. The number of nitrogens with one attached hydrogen (secondary N) is 1. The number of rotatable bonds is 3. The van der Waals surface area contributed by atoms with Gasteiger partial charge in [-0.25, -0.2) is 8.78 Å². The molecule has 80 valence electrons. The second-order valence-corrected chi connectivity index (χ2v) is 3.70. The van der Waals surface area contributed by atoms with E-state index >= 15 is 0 Å². The maximum atomic E-state index is 13.2. The third-order valence-electron chi connectivity index (χ3n) is 1.60. The van der Waals surface area contributed by atoms with Crippen molar-refractivity contribution in [3.63, 3.8) is 0 Å². The minimum absolute atomic E-state index is 0.00887. The fraction of sp³-hybridized carbons (Fsp3) is 0.100. The zero-order valence-electron chi connectivity index (χ0n) is 7.69. The highest BCUT2D eigenvalue weighted by molar-refractivity contribution is 9.10. The van der Waals surface area contributed by atoms with Crippen LogP contribution in [-0.4, -0.2) is 5.91 Å². The summed E-state index contributed by atoms with van der Waals surface area (Å²) in [5, 5.41) is 2.13. The number of benzene rings is 1. The SMILES string of the molecule is C=CCC(=O)Nc1c(F)cc(Br)cc1F. The van der Waals surface area contributed by atoms with Crippen molar-refractivity contribution in [3.8, 4) is 0 Å². The van der Waals surface area contributed by atoms with Gasteiger partial charge in [-0.3, -0.25) is 4.79 Å². The third kappa shape index (κ3) is 3.13. The molecule has 0 aliphatic heterocycles. The number of carbonyl (C=O) groups is 1. The normalized spacial score (nSPS) is 9.80. The van der Waals surface area contributed by atoms with Crippen LogP contribution in [-0.2, 0) is 4.79 Å². The van der Waals surface area contributed by atoms with Crippen molar-refractivity contribution in [1.82, 2.24) is 0 Å². The fourth-order valence-electron chi connectivity index (χ4n) is 0.983. The zero-order chi connectivity index (χ0) is 11.4. The number of halogens is 3. The van der Waals surface area contributed by atoms with Crippen LogP contribution in [0.2, 0.25) is 0 Å². The average Bonchev–Trinajstić information content (AvgIpc) is 2.11. The first-order chi connectivity index (χ1) is 7.04. The molecule has 0 radical (unpaired) electrons. The molecule has 1 rings (SSSR count). The molecule has 1 aromatic rings. The van der Waals surface area contributed by atoms with Crippen LogP contribution in [0.1, 0.15) is 6.42 Å². The van der Waals surface area contributed by atoms with Gasteiger partial charge in [-0.2, -0.15) is 0 Å². The van der Waals surface area contributed by atoms with Crippen molar-refractivity contribution in [2.75, 3.05) is 5.32 Å². The minimum Gasteiger partial charge on any atom is -0.321 e. The van der Waals surface area contributed by atoms with E-state index in [-0.39, 0.29) is 10.9 Å². The van der Waals surface area contributed by atoms with Gasteiger partial charge in [0.05, 0.1) is 0 Å². The third-order valence-corrected chi connectivity index (χ3v) is 2.06. The van der Waals surface area contributed by atoms with E-state index in [0.29, 0.717) is 0 Å². The van der Waals surface area contributed by atoms with Crippen LogP contribution in [0.4, 0.5) is 14.5 Å².